The zero-order chi connectivity index (χ0) is 21.6. The number of amides is 2. The SMILES string of the molecule is O=C(CSc1ccc(NC(=O)c2ccc(F)cc2)cc1)Nc1ccc2ccccc2c1. The van der Waals surface area contributed by atoms with Crippen molar-refractivity contribution in [2.24, 2.45) is 0 Å². The second-order valence-corrected chi connectivity index (χ2v) is 7.93. The van der Waals surface area contributed by atoms with Crippen molar-refractivity contribution in [2.45, 2.75) is 4.90 Å². The van der Waals surface area contributed by atoms with Crippen LogP contribution < -0.4 is 10.6 Å². The van der Waals surface area contributed by atoms with E-state index >= 15 is 0 Å². The molecule has 0 fully saturated rings. The molecule has 0 heterocycles. The van der Waals surface area contributed by atoms with Gasteiger partial charge < -0.3 is 10.6 Å². The van der Waals surface area contributed by atoms with Gasteiger partial charge in [-0.2, -0.15) is 0 Å². The summed E-state index contributed by atoms with van der Waals surface area (Å²) in [6.45, 7) is 0. The van der Waals surface area contributed by atoms with Gasteiger partial charge in [0.05, 0.1) is 5.75 Å². The van der Waals surface area contributed by atoms with Crippen LogP contribution in [0.25, 0.3) is 10.8 Å². The highest BCUT2D eigenvalue weighted by molar-refractivity contribution is 8.00. The van der Waals surface area contributed by atoms with Crippen LogP contribution in [0.5, 0.6) is 0 Å². The molecule has 154 valence electrons. The van der Waals surface area contributed by atoms with E-state index in [-0.39, 0.29) is 23.4 Å². The van der Waals surface area contributed by atoms with Crippen LogP contribution in [-0.2, 0) is 4.79 Å². The van der Waals surface area contributed by atoms with Crippen LogP contribution in [0.1, 0.15) is 10.4 Å². The fourth-order valence-corrected chi connectivity index (χ4v) is 3.75. The molecule has 0 spiro atoms. The molecule has 4 aromatic carbocycles. The van der Waals surface area contributed by atoms with E-state index in [1.165, 1.54) is 36.0 Å². The Morgan fingerprint density at radius 2 is 1.42 bits per heavy atom. The highest BCUT2D eigenvalue weighted by Gasteiger charge is 2.08. The van der Waals surface area contributed by atoms with Crippen molar-refractivity contribution in [3.05, 3.63) is 102 Å². The van der Waals surface area contributed by atoms with Gasteiger partial charge in [-0.05, 0) is 71.4 Å². The normalized spacial score (nSPS) is 10.6. The van der Waals surface area contributed by atoms with Crippen LogP contribution in [0, 0.1) is 5.82 Å². The molecule has 31 heavy (non-hydrogen) atoms. The van der Waals surface area contributed by atoms with E-state index in [0.29, 0.717) is 11.3 Å². The molecule has 2 N–H and O–H groups in total. The first-order chi connectivity index (χ1) is 15.1. The third-order valence-electron chi connectivity index (χ3n) is 4.62. The Bertz CT molecular complexity index is 1220. The zero-order valence-corrected chi connectivity index (χ0v) is 17.3. The van der Waals surface area contributed by atoms with Crippen LogP contribution >= 0.6 is 11.8 Å². The van der Waals surface area contributed by atoms with Gasteiger partial charge in [0.2, 0.25) is 5.91 Å². The Morgan fingerprint density at radius 3 is 2.16 bits per heavy atom. The molecule has 0 aliphatic carbocycles. The molecule has 4 aromatic rings. The monoisotopic (exact) mass is 430 g/mol. The summed E-state index contributed by atoms with van der Waals surface area (Å²) >= 11 is 1.41. The summed E-state index contributed by atoms with van der Waals surface area (Å²) in [6, 6.07) is 26.4. The number of thioether (sulfide) groups is 1. The molecule has 0 unspecified atom stereocenters. The quantitative estimate of drug-likeness (QED) is 0.371. The molecule has 0 atom stereocenters. The summed E-state index contributed by atoms with van der Waals surface area (Å²) in [5, 5.41) is 7.89. The number of carbonyl (C=O) groups excluding carboxylic acids is 2. The largest absolute Gasteiger partial charge is 0.325 e. The lowest BCUT2D eigenvalue weighted by Crippen LogP contribution is -2.14. The summed E-state index contributed by atoms with van der Waals surface area (Å²) in [5.41, 5.74) is 1.77. The van der Waals surface area contributed by atoms with Gasteiger partial charge in [0, 0.05) is 21.8 Å². The summed E-state index contributed by atoms with van der Waals surface area (Å²) in [6.07, 6.45) is 0. The Balaban J connectivity index is 1.29. The average Bonchev–Trinajstić information content (AvgIpc) is 2.79. The van der Waals surface area contributed by atoms with E-state index in [2.05, 4.69) is 10.6 Å². The predicted molar refractivity (Wildman–Crippen MR) is 124 cm³/mol. The Kier molecular flexibility index (Phi) is 6.29. The minimum absolute atomic E-state index is 0.0889. The second kappa shape index (κ2) is 9.45. The maximum atomic E-state index is 13.0. The van der Waals surface area contributed by atoms with Crippen LogP contribution in [0.15, 0.2) is 95.9 Å². The number of fused-ring (bicyclic) bond motifs is 1. The van der Waals surface area contributed by atoms with E-state index < -0.39 is 0 Å². The van der Waals surface area contributed by atoms with Gasteiger partial charge in [-0.25, -0.2) is 4.39 Å². The summed E-state index contributed by atoms with van der Waals surface area (Å²) in [4.78, 5) is 25.4. The number of carbonyl (C=O) groups is 2. The van der Waals surface area contributed by atoms with Crippen molar-refractivity contribution < 1.29 is 14.0 Å². The van der Waals surface area contributed by atoms with Crippen molar-refractivity contribution in [2.75, 3.05) is 16.4 Å². The lowest BCUT2D eigenvalue weighted by molar-refractivity contribution is -0.113. The minimum Gasteiger partial charge on any atom is -0.325 e. The first-order valence-electron chi connectivity index (χ1n) is 9.65. The zero-order valence-electron chi connectivity index (χ0n) is 16.5. The number of hydrogen-bond donors (Lipinski definition) is 2. The standard InChI is InChI=1S/C25H19FN2O2S/c26-20-8-5-18(6-9-20)25(30)28-21-11-13-23(14-12-21)31-16-24(29)27-22-10-7-17-3-1-2-4-19(17)15-22/h1-15H,16H2,(H,27,29)(H,28,30). The lowest BCUT2D eigenvalue weighted by atomic mass is 10.1. The number of nitrogens with one attached hydrogen (secondary N) is 2. The molecule has 4 nitrogen and oxygen atoms in total. The Hall–Kier alpha value is -3.64. The topological polar surface area (TPSA) is 58.2 Å². The van der Waals surface area contributed by atoms with Gasteiger partial charge >= 0.3 is 0 Å². The first kappa shape index (κ1) is 20.6. The molecule has 0 aromatic heterocycles. The molecule has 0 saturated carbocycles. The maximum absolute atomic E-state index is 13.0. The van der Waals surface area contributed by atoms with Gasteiger partial charge in [-0.3, -0.25) is 9.59 Å². The molecule has 0 aliphatic heterocycles. The molecular weight excluding hydrogens is 411 g/mol. The van der Waals surface area contributed by atoms with Crippen LogP contribution in [0.2, 0.25) is 0 Å². The van der Waals surface area contributed by atoms with E-state index in [1.54, 1.807) is 12.1 Å². The van der Waals surface area contributed by atoms with Crippen molar-refractivity contribution >= 4 is 45.7 Å². The second-order valence-electron chi connectivity index (χ2n) is 6.88. The Morgan fingerprint density at radius 1 is 0.742 bits per heavy atom. The first-order valence-corrected chi connectivity index (χ1v) is 10.6. The smallest absolute Gasteiger partial charge is 0.255 e. The molecule has 0 saturated heterocycles. The fourth-order valence-electron chi connectivity index (χ4n) is 3.05. The minimum atomic E-state index is -0.386. The number of rotatable bonds is 6. The third-order valence-corrected chi connectivity index (χ3v) is 5.63. The Labute approximate surface area is 183 Å². The van der Waals surface area contributed by atoms with Crippen molar-refractivity contribution in [3.63, 3.8) is 0 Å². The van der Waals surface area contributed by atoms with Gasteiger partial charge in [0.1, 0.15) is 5.82 Å². The van der Waals surface area contributed by atoms with Crippen molar-refractivity contribution in [1.82, 2.24) is 0 Å². The number of hydrogen-bond acceptors (Lipinski definition) is 3. The average molecular weight is 431 g/mol. The van der Waals surface area contributed by atoms with Crippen molar-refractivity contribution in [3.8, 4) is 0 Å². The van der Waals surface area contributed by atoms with Crippen LogP contribution in [0.3, 0.4) is 0 Å². The summed E-state index contributed by atoms with van der Waals surface area (Å²) in [5.74, 6) is -0.514. The molecule has 2 amide bonds. The highest BCUT2D eigenvalue weighted by Crippen LogP contribution is 2.22. The number of halogens is 1. The van der Waals surface area contributed by atoms with E-state index in [9.17, 15) is 14.0 Å². The molecule has 0 aliphatic rings. The maximum Gasteiger partial charge on any atom is 0.255 e. The molecule has 4 rings (SSSR count). The highest BCUT2D eigenvalue weighted by atomic mass is 32.2. The van der Waals surface area contributed by atoms with Gasteiger partial charge in [0.15, 0.2) is 0 Å². The van der Waals surface area contributed by atoms with E-state index in [4.69, 9.17) is 0 Å². The molecule has 6 heteroatoms. The van der Waals surface area contributed by atoms with Gasteiger partial charge in [-0.15, -0.1) is 11.8 Å². The van der Waals surface area contributed by atoms with Crippen LogP contribution in [-0.4, -0.2) is 17.6 Å². The third kappa shape index (κ3) is 5.49. The van der Waals surface area contributed by atoms with Gasteiger partial charge in [0.25, 0.3) is 5.91 Å². The molecule has 0 radical (unpaired) electrons. The van der Waals surface area contributed by atoms with E-state index in [0.717, 1.165) is 21.4 Å². The lowest BCUT2D eigenvalue weighted by Gasteiger charge is -2.08. The fraction of sp³-hybridized carbons (Fsp3) is 0.0400. The van der Waals surface area contributed by atoms with E-state index in [1.807, 2.05) is 54.6 Å². The molecular formula is C25H19FN2O2S. The number of anilines is 2. The van der Waals surface area contributed by atoms with Crippen molar-refractivity contribution in [1.29, 1.82) is 0 Å². The molecule has 0 bridgehead atoms. The van der Waals surface area contributed by atoms with Gasteiger partial charge in [-0.1, -0.05) is 30.3 Å². The summed E-state index contributed by atoms with van der Waals surface area (Å²) in [7, 11) is 0. The number of benzene rings is 4. The summed E-state index contributed by atoms with van der Waals surface area (Å²) < 4.78 is 13.0. The predicted octanol–water partition coefficient (Wildman–Crippen LogP) is 5.96. The van der Waals surface area contributed by atoms with Crippen LogP contribution in [0.4, 0.5) is 15.8 Å².